The number of aryl methyl sites for hydroxylation is 1. The molecule has 1 aliphatic rings. The number of amides is 1. The summed E-state index contributed by atoms with van der Waals surface area (Å²) in [6, 6.07) is 2.21. The number of piperidine rings is 1. The van der Waals surface area contributed by atoms with E-state index in [2.05, 4.69) is 27.1 Å². The first-order valence-electron chi connectivity index (χ1n) is 11.5. The lowest BCUT2D eigenvalue weighted by Gasteiger charge is -2.36. The zero-order valence-electron chi connectivity index (χ0n) is 18.5. The van der Waals surface area contributed by atoms with Crippen molar-refractivity contribution in [1.29, 1.82) is 0 Å². The third kappa shape index (κ3) is 6.54. The Labute approximate surface area is 180 Å². The highest BCUT2D eigenvalue weighted by molar-refractivity contribution is 5.77. The first-order valence-corrected chi connectivity index (χ1v) is 11.5. The predicted molar refractivity (Wildman–Crippen MR) is 120 cm³/mol. The van der Waals surface area contributed by atoms with Crippen LogP contribution in [0.25, 0.3) is 5.95 Å². The maximum atomic E-state index is 12.6. The third-order valence-electron chi connectivity index (χ3n) is 5.76. The van der Waals surface area contributed by atoms with Crippen LogP contribution in [0.2, 0.25) is 0 Å². The maximum absolute atomic E-state index is 12.6. The van der Waals surface area contributed by atoms with E-state index in [1.165, 1.54) is 32.1 Å². The van der Waals surface area contributed by atoms with Crippen LogP contribution in [0.3, 0.4) is 0 Å². The number of anilines is 1. The molecule has 0 aliphatic carbocycles. The molecule has 3 heterocycles. The van der Waals surface area contributed by atoms with Crippen LogP contribution in [0, 0.1) is 6.92 Å². The second kappa shape index (κ2) is 11.7. The van der Waals surface area contributed by atoms with Crippen molar-refractivity contribution in [1.82, 2.24) is 24.8 Å². The fourth-order valence-electron chi connectivity index (χ4n) is 4.11. The largest absolute Gasteiger partial charge is 0.356 e. The summed E-state index contributed by atoms with van der Waals surface area (Å²) >= 11 is 0. The van der Waals surface area contributed by atoms with Crippen molar-refractivity contribution in [2.45, 2.75) is 84.1 Å². The van der Waals surface area contributed by atoms with Crippen molar-refractivity contribution in [3.8, 4) is 5.95 Å². The molecule has 1 unspecified atom stereocenters. The normalized spacial score (nSPS) is 16.6. The Bertz CT molecular complexity index is 776. The third-order valence-corrected chi connectivity index (χ3v) is 5.76. The molecule has 30 heavy (non-hydrogen) atoms. The fourth-order valence-corrected chi connectivity index (χ4v) is 4.11. The average Bonchev–Trinajstić information content (AvgIpc) is 3.28. The molecule has 164 valence electrons. The van der Waals surface area contributed by atoms with Gasteiger partial charge in [0.1, 0.15) is 12.1 Å². The SMILES string of the molecule is CCCCCCCCNC(=O)CC1CCCCN1c1cc(C)nc(-n2ccnc2)n1. The lowest BCUT2D eigenvalue weighted by molar-refractivity contribution is -0.121. The number of rotatable bonds is 11. The summed E-state index contributed by atoms with van der Waals surface area (Å²) in [5.41, 5.74) is 0.917. The zero-order valence-corrected chi connectivity index (χ0v) is 18.5. The summed E-state index contributed by atoms with van der Waals surface area (Å²) in [4.78, 5) is 28.3. The van der Waals surface area contributed by atoms with E-state index in [0.29, 0.717) is 12.4 Å². The number of aromatic nitrogens is 4. The van der Waals surface area contributed by atoms with Crippen LogP contribution in [0.15, 0.2) is 24.8 Å². The number of nitrogens with one attached hydrogen (secondary N) is 1. The summed E-state index contributed by atoms with van der Waals surface area (Å²) in [6.07, 6.45) is 16.5. The van der Waals surface area contributed by atoms with E-state index >= 15 is 0 Å². The summed E-state index contributed by atoms with van der Waals surface area (Å²) in [6.45, 7) is 5.93. The summed E-state index contributed by atoms with van der Waals surface area (Å²) < 4.78 is 1.82. The molecule has 3 rings (SSSR count). The van der Waals surface area contributed by atoms with Crippen LogP contribution in [0.1, 0.15) is 76.8 Å². The molecule has 0 spiro atoms. The molecular formula is C23H36N6O. The van der Waals surface area contributed by atoms with E-state index in [4.69, 9.17) is 4.98 Å². The molecule has 2 aromatic rings. The molecule has 2 aromatic heterocycles. The van der Waals surface area contributed by atoms with Crippen LogP contribution in [-0.2, 0) is 4.79 Å². The van der Waals surface area contributed by atoms with E-state index in [-0.39, 0.29) is 11.9 Å². The van der Waals surface area contributed by atoms with Crippen molar-refractivity contribution in [2.75, 3.05) is 18.0 Å². The van der Waals surface area contributed by atoms with Gasteiger partial charge in [0, 0.05) is 49.7 Å². The molecule has 0 saturated carbocycles. The number of hydrogen-bond acceptors (Lipinski definition) is 5. The van der Waals surface area contributed by atoms with Gasteiger partial charge in [0.25, 0.3) is 0 Å². The van der Waals surface area contributed by atoms with Gasteiger partial charge < -0.3 is 10.2 Å². The van der Waals surface area contributed by atoms with E-state index < -0.39 is 0 Å². The highest BCUT2D eigenvalue weighted by Crippen LogP contribution is 2.26. The van der Waals surface area contributed by atoms with E-state index in [9.17, 15) is 4.79 Å². The molecule has 0 aromatic carbocycles. The molecule has 1 N–H and O–H groups in total. The van der Waals surface area contributed by atoms with Crippen LogP contribution in [0.5, 0.6) is 0 Å². The number of carbonyl (C=O) groups excluding carboxylic acids is 1. The zero-order chi connectivity index (χ0) is 21.2. The van der Waals surface area contributed by atoms with Gasteiger partial charge >= 0.3 is 0 Å². The Hall–Kier alpha value is -2.44. The van der Waals surface area contributed by atoms with Crippen molar-refractivity contribution in [2.24, 2.45) is 0 Å². The molecule has 1 atom stereocenters. The minimum absolute atomic E-state index is 0.154. The number of hydrogen-bond donors (Lipinski definition) is 1. The van der Waals surface area contributed by atoms with Crippen molar-refractivity contribution in [3.05, 3.63) is 30.5 Å². The molecule has 1 fully saturated rings. The van der Waals surface area contributed by atoms with Gasteiger partial charge in [0.15, 0.2) is 0 Å². The minimum atomic E-state index is 0.154. The summed E-state index contributed by atoms with van der Waals surface area (Å²) in [7, 11) is 0. The lowest BCUT2D eigenvalue weighted by atomic mass is 9.99. The molecule has 1 amide bonds. The minimum Gasteiger partial charge on any atom is -0.356 e. The number of unbranched alkanes of at least 4 members (excludes halogenated alkanes) is 5. The Morgan fingerprint density at radius 2 is 2.00 bits per heavy atom. The van der Waals surface area contributed by atoms with E-state index in [1.807, 2.05) is 23.8 Å². The van der Waals surface area contributed by atoms with Gasteiger partial charge in [-0.25, -0.2) is 9.97 Å². The highest BCUT2D eigenvalue weighted by Gasteiger charge is 2.26. The molecule has 0 radical (unpaired) electrons. The van der Waals surface area contributed by atoms with Crippen LogP contribution in [0.4, 0.5) is 5.82 Å². The second-order valence-electron chi connectivity index (χ2n) is 8.30. The van der Waals surface area contributed by atoms with Gasteiger partial charge in [-0.2, -0.15) is 4.98 Å². The van der Waals surface area contributed by atoms with Gasteiger partial charge in [-0.05, 0) is 32.6 Å². The van der Waals surface area contributed by atoms with Crippen LogP contribution in [-0.4, -0.2) is 44.6 Å². The highest BCUT2D eigenvalue weighted by atomic mass is 16.1. The van der Waals surface area contributed by atoms with Gasteiger partial charge in [0.05, 0.1) is 0 Å². The van der Waals surface area contributed by atoms with Gasteiger partial charge in [-0.1, -0.05) is 39.0 Å². The lowest BCUT2D eigenvalue weighted by Crippen LogP contribution is -2.43. The monoisotopic (exact) mass is 412 g/mol. The Morgan fingerprint density at radius 3 is 2.80 bits per heavy atom. The second-order valence-corrected chi connectivity index (χ2v) is 8.30. The van der Waals surface area contributed by atoms with E-state index in [0.717, 1.165) is 50.3 Å². The van der Waals surface area contributed by atoms with Crippen molar-refractivity contribution in [3.63, 3.8) is 0 Å². The van der Waals surface area contributed by atoms with Gasteiger partial charge in [-0.15, -0.1) is 0 Å². The Morgan fingerprint density at radius 1 is 1.17 bits per heavy atom. The first kappa shape index (κ1) is 22.2. The topological polar surface area (TPSA) is 75.9 Å². The molecule has 1 saturated heterocycles. The van der Waals surface area contributed by atoms with Crippen LogP contribution < -0.4 is 10.2 Å². The summed E-state index contributed by atoms with van der Waals surface area (Å²) in [5, 5.41) is 3.13. The smallest absolute Gasteiger partial charge is 0.237 e. The molecular weight excluding hydrogens is 376 g/mol. The fraction of sp³-hybridized carbons (Fsp3) is 0.652. The van der Waals surface area contributed by atoms with Crippen LogP contribution >= 0.6 is 0 Å². The Kier molecular flexibility index (Phi) is 8.66. The number of nitrogens with zero attached hydrogens (tertiary/aromatic N) is 5. The molecule has 0 bridgehead atoms. The van der Waals surface area contributed by atoms with Crippen molar-refractivity contribution < 1.29 is 4.79 Å². The molecule has 7 heteroatoms. The average molecular weight is 413 g/mol. The van der Waals surface area contributed by atoms with Crippen molar-refractivity contribution >= 4 is 11.7 Å². The summed E-state index contributed by atoms with van der Waals surface area (Å²) in [5.74, 6) is 1.68. The number of carbonyl (C=O) groups is 1. The quantitative estimate of drug-likeness (QED) is 0.560. The van der Waals surface area contributed by atoms with Gasteiger partial charge in [-0.3, -0.25) is 9.36 Å². The van der Waals surface area contributed by atoms with E-state index in [1.54, 1.807) is 12.5 Å². The molecule has 1 aliphatic heterocycles. The first-order chi connectivity index (χ1) is 14.7. The van der Waals surface area contributed by atoms with Gasteiger partial charge in [0.2, 0.25) is 11.9 Å². The Balaban J connectivity index is 1.56. The number of imidazole rings is 1. The maximum Gasteiger partial charge on any atom is 0.237 e. The predicted octanol–water partition coefficient (Wildman–Crippen LogP) is 4.20. The molecule has 7 nitrogen and oxygen atoms in total. The standard InChI is InChI=1S/C23H36N6O/c1-3-4-5-6-7-9-12-25-22(30)17-20-11-8-10-14-29(20)21-16-19(2)26-23(27-21)28-15-13-24-18-28/h13,15-16,18,20H,3-12,14,17H2,1-2H3,(H,25,30).